The van der Waals surface area contributed by atoms with Crippen LogP contribution < -0.4 is 0 Å². The third kappa shape index (κ3) is 2.07. The van der Waals surface area contributed by atoms with Gasteiger partial charge in [-0.1, -0.05) is 0 Å². The molecule has 0 unspecified atom stereocenters. The van der Waals surface area contributed by atoms with E-state index in [1.165, 1.54) is 20.0 Å². The summed E-state index contributed by atoms with van der Waals surface area (Å²) in [6.07, 6.45) is 0. The first-order chi connectivity index (χ1) is 9.43. The SMILES string of the molecule is c1c[se]c(-c2ccc(-c3ccc[se]3)c3n[se]nc23)c1. The van der Waals surface area contributed by atoms with Crippen molar-refractivity contribution in [3.8, 4) is 20.0 Å². The summed E-state index contributed by atoms with van der Waals surface area (Å²) in [7, 11) is 0. The molecule has 2 nitrogen and oxygen atoms in total. The molecule has 4 rings (SSSR count). The average Bonchev–Trinajstić information content (AvgIpc) is 3.19. The summed E-state index contributed by atoms with van der Waals surface area (Å²) in [5.74, 6) is 0. The van der Waals surface area contributed by atoms with E-state index in [0.717, 1.165) is 11.0 Å². The van der Waals surface area contributed by atoms with Gasteiger partial charge in [0.2, 0.25) is 0 Å². The summed E-state index contributed by atoms with van der Waals surface area (Å²) in [6.45, 7) is 0. The fourth-order valence-electron chi connectivity index (χ4n) is 2.13. The molecule has 4 aromatic rings. The Balaban J connectivity index is 2.01. The zero-order valence-corrected chi connectivity index (χ0v) is 14.9. The van der Waals surface area contributed by atoms with Crippen molar-refractivity contribution in [1.82, 2.24) is 7.96 Å². The molecule has 0 aliphatic heterocycles. The Morgan fingerprint density at radius 2 is 1.21 bits per heavy atom. The fourth-order valence-corrected chi connectivity index (χ4v) is 6.49. The molecule has 3 aromatic heterocycles. The molecule has 1 aromatic carbocycles. The quantitative estimate of drug-likeness (QED) is 0.446. The zero-order chi connectivity index (χ0) is 12.7. The third-order valence-electron chi connectivity index (χ3n) is 2.99. The van der Waals surface area contributed by atoms with Crippen LogP contribution in [-0.4, -0.2) is 51.9 Å². The first kappa shape index (κ1) is 12.1. The van der Waals surface area contributed by atoms with Crippen molar-refractivity contribution in [2.24, 2.45) is 0 Å². The molecule has 0 aliphatic rings. The predicted octanol–water partition coefficient (Wildman–Crippen LogP) is 2.13. The molecule has 19 heavy (non-hydrogen) atoms. The molecule has 0 amide bonds. The van der Waals surface area contributed by atoms with E-state index in [4.69, 9.17) is 0 Å². The molecule has 0 atom stereocenters. The summed E-state index contributed by atoms with van der Waals surface area (Å²) >= 11 is 0.948. The summed E-state index contributed by atoms with van der Waals surface area (Å²) in [4.78, 5) is 4.51. The summed E-state index contributed by atoms with van der Waals surface area (Å²) < 4.78 is 12.2. The van der Waals surface area contributed by atoms with Crippen LogP contribution >= 0.6 is 0 Å². The van der Waals surface area contributed by atoms with Crippen molar-refractivity contribution in [2.45, 2.75) is 0 Å². The van der Waals surface area contributed by atoms with Crippen molar-refractivity contribution in [2.75, 3.05) is 0 Å². The molecule has 0 aliphatic carbocycles. The molecular formula is C14H8N2Se3. The molecule has 5 heteroatoms. The topological polar surface area (TPSA) is 25.8 Å². The van der Waals surface area contributed by atoms with Crippen LogP contribution in [0.25, 0.3) is 31.0 Å². The first-order valence-corrected chi connectivity index (χ1v) is 11.0. The van der Waals surface area contributed by atoms with E-state index < -0.39 is 0 Å². The van der Waals surface area contributed by atoms with Crippen LogP contribution in [0.2, 0.25) is 0 Å². The molecule has 0 bridgehead atoms. The number of nitrogens with zero attached hydrogens (tertiary/aromatic N) is 2. The van der Waals surface area contributed by atoms with Gasteiger partial charge in [-0.05, 0) is 0 Å². The van der Waals surface area contributed by atoms with Crippen LogP contribution in [0.4, 0.5) is 0 Å². The number of hydrogen-bond donors (Lipinski definition) is 0. The Morgan fingerprint density at radius 1 is 0.684 bits per heavy atom. The standard InChI is InChI=1S/C14H8N2Se3/c1-3-11(17-7-1)9-5-6-10(12-4-2-8-18-12)14-13(9)15-19-16-14/h1-8H. The van der Waals surface area contributed by atoms with Gasteiger partial charge in [0.15, 0.2) is 0 Å². The summed E-state index contributed by atoms with van der Waals surface area (Å²) in [6, 6.07) is 13.2. The zero-order valence-electron chi connectivity index (χ0n) is 9.74. The Morgan fingerprint density at radius 3 is 1.63 bits per heavy atom. The van der Waals surface area contributed by atoms with E-state index in [9.17, 15) is 0 Å². The van der Waals surface area contributed by atoms with Gasteiger partial charge in [-0.25, -0.2) is 0 Å². The van der Waals surface area contributed by atoms with E-state index in [1.807, 2.05) is 0 Å². The second-order valence-electron chi connectivity index (χ2n) is 4.08. The Kier molecular flexibility index (Phi) is 3.20. The van der Waals surface area contributed by atoms with Crippen molar-refractivity contribution in [3.63, 3.8) is 0 Å². The van der Waals surface area contributed by atoms with Gasteiger partial charge in [0, 0.05) is 0 Å². The summed E-state index contributed by atoms with van der Waals surface area (Å²) in [5.41, 5.74) is 4.87. The molecular weight excluding hydrogens is 433 g/mol. The van der Waals surface area contributed by atoms with Gasteiger partial charge < -0.3 is 0 Å². The van der Waals surface area contributed by atoms with Gasteiger partial charge in [0.1, 0.15) is 0 Å². The average molecular weight is 441 g/mol. The Labute approximate surface area is 128 Å². The number of rotatable bonds is 2. The molecule has 0 saturated heterocycles. The Hall–Kier alpha value is -0.662. The molecule has 0 N–H and O–H groups in total. The van der Waals surface area contributed by atoms with Crippen LogP contribution in [0.1, 0.15) is 0 Å². The second kappa shape index (κ2) is 5.03. The van der Waals surface area contributed by atoms with Crippen molar-refractivity contribution in [1.29, 1.82) is 0 Å². The minimum absolute atomic E-state index is 0.0341. The van der Waals surface area contributed by atoms with Crippen LogP contribution in [-0.2, 0) is 0 Å². The van der Waals surface area contributed by atoms with E-state index in [0.29, 0.717) is 29.0 Å². The maximum atomic E-state index is 4.67. The van der Waals surface area contributed by atoms with E-state index >= 15 is 0 Å². The van der Waals surface area contributed by atoms with E-state index in [2.05, 4.69) is 54.2 Å². The Bertz CT molecular complexity index is 746. The van der Waals surface area contributed by atoms with Gasteiger partial charge in [-0.3, -0.25) is 0 Å². The maximum absolute atomic E-state index is 4.67. The van der Waals surface area contributed by atoms with Crippen LogP contribution in [0.3, 0.4) is 0 Å². The molecule has 0 fully saturated rings. The van der Waals surface area contributed by atoms with E-state index in [-0.39, 0.29) is 15.0 Å². The van der Waals surface area contributed by atoms with Gasteiger partial charge in [0.25, 0.3) is 0 Å². The monoisotopic (exact) mass is 444 g/mol. The van der Waals surface area contributed by atoms with Crippen LogP contribution in [0, 0.1) is 0 Å². The molecule has 0 radical (unpaired) electrons. The predicted molar refractivity (Wildman–Crippen MR) is 81.2 cm³/mol. The molecule has 92 valence electrons. The van der Waals surface area contributed by atoms with Gasteiger partial charge in [-0.15, -0.1) is 0 Å². The van der Waals surface area contributed by atoms with Crippen molar-refractivity contribution in [3.05, 3.63) is 46.3 Å². The van der Waals surface area contributed by atoms with Crippen LogP contribution in [0.15, 0.2) is 46.3 Å². The normalized spacial score (nSPS) is 11.2. The van der Waals surface area contributed by atoms with Gasteiger partial charge in [-0.2, -0.15) is 0 Å². The van der Waals surface area contributed by atoms with Crippen molar-refractivity contribution >= 4 is 55.0 Å². The minimum atomic E-state index is 0.0341. The number of aromatic nitrogens is 2. The number of benzene rings is 1. The van der Waals surface area contributed by atoms with Gasteiger partial charge in [0.05, 0.1) is 0 Å². The second-order valence-corrected chi connectivity index (χ2v) is 9.16. The number of hydrogen-bond acceptors (Lipinski definition) is 2. The summed E-state index contributed by atoms with van der Waals surface area (Å²) in [5, 5.41) is 0. The molecule has 0 saturated carbocycles. The molecule has 3 heterocycles. The van der Waals surface area contributed by atoms with Gasteiger partial charge >= 0.3 is 129 Å². The van der Waals surface area contributed by atoms with Crippen molar-refractivity contribution < 1.29 is 0 Å². The van der Waals surface area contributed by atoms with Crippen LogP contribution in [0.5, 0.6) is 0 Å². The first-order valence-electron chi connectivity index (χ1n) is 5.76. The molecule has 0 spiro atoms. The number of fused-ring (bicyclic) bond motifs is 1. The fraction of sp³-hybridized carbons (Fsp3) is 0. The third-order valence-corrected chi connectivity index (χ3v) is 7.89. The van der Waals surface area contributed by atoms with E-state index in [1.54, 1.807) is 0 Å².